The molecule has 2 N–H and O–H groups in total. The molecule has 0 fully saturated rings. The van der Waals surface area contributed by atoms with E-state index in [0.717, 1.165) is 35.3 Å². The zero-order chi connectivity index (χ0) is 21.8. The molecular formula is C23H25N5O3. The molecule has 0 unspecified atom stereocenters. The minimum absolute atomic E-state index is 0.191. The minimum Gasteiger partial charge on any atom is -0.493 e. The molecule has 2 aromatic heterocycles. The molecule has 0 spiro atoms. The number of ether oxygens (including phenoxy) is 2. The molecule has 1 amide bonds. The van der Waals surface area contributed by atoms with Crippen LogP contribution in [0.15, 0.2) is 48.5 Å². The number of benzene rings is 2. The second-order valence-corrected chi connectivity index (χ2v) is 7.17. The summed E-state index contributed by atoms with van der Waals surface area (Å²) in [5.74, 6) is 2.06. The number of carbonyl (C=O) groups is 1. The Labute approximate surface area is 180 Å². The van der Waals surface area contributed by atoms with Crippen molar-refractivity contribution in [2.75, 3.05) is 20.8 Å². The van der Waals surface area contributed by atoms with Gasteiger partial charge in [0.2, 0.25) is 0 Å². The van der Waals surface area contributed by atoms with E-state index in [9.17, 15) is 4.79 Å². The number of nitrogens with one attached hydrogen (secondary N) is 2. The molecule has 0 saturated heterocycles. The summed E-state index contributed by atoms with van der Waals surface area (Å²) in [4.78, 5) is 17.1. The highest BCUT2D eigenvalue weighted by atomic mass is 16.5. The number of nitrogens with zero attached hydrogens (tertiary/aromatic N) is 3. The number of carbonyl (C=O) groups excluding carboxylic acids is 1. The number of methoxy groups -OCH3 is 2. The third-order valence-corrected chi connectivity index (χ3v) is 5.24. The maximum absolute atomic E-state index is 12.5. The quantitative estimate of drug-likeness (QED) is 0.427. The molecule has 160 valence electrons. The van der Waals surface area contributed by atoms with Crippen molar-refractivity contribution in [3.8, 4) is 22.8 Å². The van der Waals surface area contributed by atoms with Crippen LogP contribution in [0.2, 0.25) is 0 Å². The SMILES string of the molecule is COc1ccc(-c2cc(C(=O)NCCCc3nc4ccccc4n3C)[nH]n2)cc1OC. The maximum atomic E-state index is 12.5. The smallest absolute Gasteiger partial charge is 0.269 e. The normalized spacial score (nSPS) is 10.9. The molecule has 0 aliphatic rings. The molecule has 0 saturated carbocycles. The average molecular weight is 419 g/mol. The fourth-order valence-electron chi connectivity index (χ4n) is 3.54. The number of aryl methyl sites for hydroxylation is 2. The number of hydrogen-bond donors (Lipinski definition) is 2. The zero-order valence-electron chi connectivity index (χ0n) is 17.8. The van der Waals surface area contributed by atoms with Crippen molar-refractivity contribution in [2.24, 2.45) is 7.05 Å². The first-order valence-corrected chi connectivity index (χ1v) is 10.1. The van der Waals surface area contributed by atoms with Crippen molar-refractivity contribution >= 4 is 16.9 Å². The van der Waals surface area contributed by atoms with Crippen LogP contribution in [0.1, 0.15) is 22.7 Å². The van der Waals surface area contributed by atoms with Gasteiger partial charge in [-0.3, -0.25) is 9.89 Å². The standard InChI is InChI=1S/C23H25N5O3/c1-28-19-8-5-4-7-16(19)25-22(28)9-6-12-24-23(29)18-14-17(26-27-18)15-10-11-20(30-2)21(13-15)31-3/h4-5,7-8,10-11,13-14H,6,9,12H2,1-3H3,(H,24,29)(H,26,27). The van der Waals surface area contributed by atoms with E-state index in [2.05, 4.69) is 31.1 Å². The maximum Gasteiger partial charge on any atom is 0.269 e. The van der Waals surface area contributed by atoms with Crippen molar-refractivity contribution in [3.05, 3.63) is 60.0 Å². The first-order chi connectivity index (χ1) is 15.1. The predicted molar refractivity (Wildman–Crippen MR) is 118 cm³/mol. The summed E-state index contributed by atoms with van der Waals surface area (Å²) in [5, 5.41) is 10.00. The molecule has 0 atom stereocenters. The Morgan fingerprint density at radius 1 is 1.10 bits per heavy atom. The lowest BCUT2D eigenvalue weighted by Crippen LogP contribution is -2.25. The van der Waals surface area contributed by atoms with Gasteiger partial charge in [-0.1, -0.05) is 12.1 Å². The number of hydrogen-bond acceptors (Lipinski definition) is 5. The van der Waals surface area contributed by atoms with Gasteiger partial charge in [-0.2, -0.15) is 5.10 Å². The number of aromatic nitrogens is 4. The van der Waals surface area contributed by atoms with Crippen molar-refractivity contribution in [1.82, 2.24) is 25.1 Å². The number of para-hydroxylation sites is 2. The molecule has 0 aliphatic heterocycles. The van der Waals surface area contributed by atoms with Gasteiger partial charge < -0.3 is 19.4 Å². The Morgan fingerprint density at radius 3 is 2.68 bits per heavy atom. The highest BCUT2D eigenvalue weighted by Crippen LogP contribution is 2.31. The van der Waals surface area contributed by atoms with Crippen LogP contribution in [0.5, 0.6) is 11.5 Å². The van der Waals surface area contributed by atoms with Gasteiger partial charge >= 0.3 is 0 Å². The molecule has 8 nitrogen and oxygen atoms in total. The van der Waals surface area contributed by atoms with Crippen LogP contribution in [-0.2, 0) is 13.5 Å². The first-order valence-electron chi connectivity index (χ1n) is 10.1. The number of amides is 1. The van der Waals surface area contributed by atoms with E-state index in [1.165, 1.54) is 0 Å². The third kappa shape index (κ3) is 4.23. The van der Waals surface area contributed by atoms with E-state index in [4.69, 9.17) is 9.47 Å². The minimum atomic E-state index is -0.191. The molecule has 0 radical (unpaired) electrons. The number of rotatable bonds is 8. The molecule has 4 rings (SSSR count). The molecule has 2 aromatic carbocycles. The summed E-state index contributed by atoms with van der Waals surface area (Å²) in [6, 6.07) is 15.3. The Morgan fingerprint density at radius 2 is 1.90 bits per heavy atom. The average Bonchev–Trinajstić information content (AvgIpc) is 3.42. The second-order valence-electron chi connectivity index (χ2n) is 7.17. The lowest BCUT2D eigenvalue weighted by Gasteiger charge is -2.08. The lowest BCUT2D eigenvalue weighted by atomic mass is 10.1. The van der Waals surface area contributed by atoms with Gasteiger partial charge in [-0.05, 0) is 42.8 Å². The van der Waals surface area contributed by atoms with Crippen molar-refractivity contribution in [3.63, 3.8) is 0 Å². The molecule has 0 bridgehead atoms. The molecular weight excluding hydrogens is 394 g/mol. The van der Waals surface area contributed by atoms with Crippen LogP contribution in [0, 0.1) is 0 Å². The van der Waals surface area contributed by atoms with E-state index in [1.54, 1.807) is 20.3 Å². The predicted octanol–water partition coefficient (Wildman–Crippen LogP) is 3.34. The number of fused-ring (bicyclic) bond motifs is 1. The summed E-state index contributed by atoms with van der Waals surface area (Å²) in [6.07, 6.45) is 1.57. The van der Waals surface area contributed by atoms with E-state index in [0.29, 0.717) is 29.4 Å². The van der Waals surface area contributed by atoms with Gasteiger partial charge in [0.1, 0.15) is 11.5 Å². The Hall–Kier alpha value is -3.81. The molecule has 31 heavy (non-hydrogen) atoms. The van der Waals surface area contributed by atoms with Gasteiger partial charge in [-0.25, -0.2) is 4.98 Å². The summed E-state index contributed by atoms with van der Waals surface area (Å²) in [5.41, 5.74) is 4.00. The second kappa shape index (κ2) is 8.91. The molecule has 8 heteroatoms. The number of H-pyrrole nitrogens is 1. The van der Waals surface area contributed by atoms with Crippen LogP contribution in [0.4, 0.5) is 0 Å². The highest BCUT2D eigenvalue weighted by Gasteiger charge is 2.13. The zero-order valence-corrected chi connectivity index (χ0v) is 17.8. The molecule has 4 aromatic rings. The topological polar surface area (TPSA) is 94.1 Å². The van der Waals surface area contributed by atoms with E-state index >= 15 is 0 Å². The van der Waals surface area contributed by atoms with Gasteiger partial charge in [-0.15, -0.1) is 0 Å². The van der Waals surface area contributed by atoms with Gasteiger partial charge in [0, 0.05) is 25.6 Å². The van der Waals surface area contributed by atoms with Crippen LogP contribution in [-0.4, -0.2) is 46.4 Å². The fourth-order valence-corrected chi connectivity index (χ4v) is 3.54. The Kier molecular flexibility index (Phi) is 5.88. The van der Waals surface area contributed by atoms with Crippen molar-refractivity contribution < 1.29 is 14.3 Å². The highest BCUT2D eigenvalue weighted by molar-refractivity contribution is 5.93. The fraction of sp³-hybridized carbons (Fsp3) is 0.261. The lowest BCUT2D eigenvalue weighted by molar-refractivity contribution is 0.0948. The largest absolute Gasteiger partial charge is 0.493 e. The first kappa shape index (κ1) is 20.5. The van der Waals surface area contributed by atoms with E-state index < -0.39 is 0 Å². The molecule has 0 aliphatic carbocycles. The van der Waals surface area contributed by atoms with Gasteiger partial charge in [0.05, 0.1) is 30.9 Å². The van der Waals surface area contributed by atoms with Gasteiger partial charge in [0.25, 0.3) is 5.91 Å². The van der Waals surface area contributed by atoms with E-state index in [1.807, 2.05) is 43.4 Å². The van der Waals surface area contributed by atoms with Crippen LogP contribution in [0.3, 0.4) is 0 Å². The van der Waals surface area contributed by atoms with Crippen LogP contribution >= 0.6 is 0 Å². The number of aromatic amines is 1. The Balaban J connectivity index is 1.34. The third-order valence-electron chi connectivity index (χ3n) is 5.24. The summed E-state index contributed by atoms with van der Waals surface area (Å²) in [6.45, 7) is 0.548. The van der Waals surface area contributed by atoms with Crippen molar-refractivity contribution in [1.29, 1.82) is 0 Å². The van der Waals surface area contributed by atoms with Crippen LogP contribution in [0.25, 0.3) is 22.3 Å². The van der Waals surface area contributed by atoms with Crippen LogP contribution < -0.4 is 14.8 Å². The van der Waals surface area contributed by atoms with Gasteiger partial charge in [0.15, 0.2) is 11.5 Å². The molecule has 2 heterocycles. The monoisotopic (exact) mass is 419 g/mol. The summed E-state index contributed by atoms with van der Waals surface area (Å²) < 4.78 is 12.7. The Bertz CT molecular complexity index is 1210. The van der Waals surface area contributed by atoms with Crippen molar-refractivity contribution in [2.45, 2.75) is 12.8 Å². The van der Waals surface area contributed by atoms with E-state index in [-0.39, 0.29) is 5.91 Å². The summed E-state index contributed by atoms with van der Waals surface area (Å²) >= 11 is 0. The summed E-state index contributed by atoms with van der Waals surface area (Å²) in [7, 11) is 5.19. The number of imidazole rings is 1.